The molecule has 5 aromatic rings. The van der Waals surface area contributed by atoms with Gasteiger partial charge >= 0.3 is 0 Å². The van der Waals surface area contributed by atoms with E-state index in [1.807, 2.05) is 95.6 Å². The third-order valence-electron chi connectivity index (χ3n) is 6.88. The number of carboxylic acid groups (broad SMARTS) is 1. The standard InChI is InChI=1S/C33H29NO6S/c35-33(36)32-28-10-4-5-11-30(28)34(20-6-7-21-41(37,38)39)31-22-25(16-19-29(31)32)13-12-24-14-17-27(18-15-24)40-23-26-8-2-1-3-9-26/h1-5,8-19,22H,6-7,20-21,23H2,(H-,35,36,37,38,39). The zero-order valence-electron chi connectivity index (χ0n) is 22.3. The topological polar surface area (TPSA) is 108 Å². The second-order valence-corrected chi connectivity index (χ2v) is 11.3. The van der Waals surface area contributed by atoms with Crippen LogP contribution in [0.5, 0.6) is 5.75 Å². The van der Waals surface area contributed by atoms with Crippen LogP contribution >= 0.6 is 0 Å². The lowest BCUT2D eigenvalue weighted by molar-refractivity contribution is -0.645. The summed E-state index contributed by atoms with van der Waals surface area (Å²) in [6, 6.07) is 30.5. The minimum atomic E-state index is -4.05. The van der Waals surface area contributed by atoms with Gasteiger partial charge in [-0.25, -0.2) is 0 Å². The van der Waals surface area contributed by atoms with E-state index >= 15 is 0 Å². The van der Waals surface area contributed by atoms with Crippen molar-refractivity contribution in [3.63, 3.8) is 0 Å². The zero-order chi connectivity index (χ0) is 28.8. The van der Waals surface area contributed by atoms with Crippen molar-refractivity contribution in [2.75, 3.05) is 5.75 Å². The van der Waals surface area contributed by atoms with Gasteiger partial charge in [0.1, 0.15) is 18.9 Å². The molecule has 0 saturated heterocycles. The van der Waals surface area contributed by atoms with Crippen LogP contribution in [0.4, 0.5) is 0 Å². The van der Waals surface area contributed by atoms with E-state index in [9.17, 15) is 18.3 Å². The van der Waals surface area contributed by atoms with Gasteiger partial charge in [0.2, 0.25) is 11.0 Å². The van der Waals surface area contributed by atoms with Crippen LogP contribution in [0, 0.1) is 0 Å². The van der Waals surface area contributed by atoms with Crippen LogP contribution in [0.1, 0.15) is 39.9 Å². The lowest BCUT2D eigenvalue weighted by Crippen LogP contribution is -2.37. The zero-order valence-corrected chi connectivity index (χ0v) is 23.1. The molecule has 0 spiro atoms. The molecule has 0 bridgehead atoms. The summed E-state index contributed by atoms with van der Waals surface area (Å²) in [7, 11) is -4.05. The molecule has 1 heterocycles. The van der Waals surface area contributed by atoms with Crippen LogP contribution < -0.4 is 14.4 Å². The first-order chi connectivity index (χ1) is 19.8. The average Bonchev–Trinajstić information content (AvgIpc) is 2.97. The molecule has 5 rings (SSSR count). The lowest BCUT2D eigenvalue weighted by atomic mass is 10.00. The molecule has 0 atom stereocenters. The van der Waals surface area contributed by atoms with Gasteiger partial charge in [-0.05, 0) is 47.4 Å². The quantitative estimate of drug-likeness (QED) is 0.0786. The fourth-order valence-corrected chi connectivity index (χ4v) is 5.47. The van der Waals surface area contributed by atoms with E-state index in [1.165, 1.54) is 0 Å². The summed E-state index contributed by atoms with van der Waals surface area (Å²) < 4.78 is 39.4. The first-order valence-electron chi connectivity index (χ1n) is 13.3. The molecule has 0 aliphatic heterocycles. The van der Waals surface area contributed by atoms with E-state index in [-0.39, 0.29) is 17.7 Å². The number of carbonyl (C=O) groups excluding carboxylic acids is 1. The number of rotatable bonds is 11. The van der Waals surface area contributed by atoms with Crippen LogP contribution in [-0.4, -0.2) is 24.7 Å². The number of carbonyl (C=O) groups is 1. The molecule has 0 aliphatic carbocycles. The lowest BCUT2D eigenvalue weighted by Gasteiger charge is -2.13. The molecule has 208 valence electrons. The van der Waals surface area contributed by atoms with Crippen LogP contribution in [0.25, 0.3) is 34.0 Å². The van der Waals surface area contributed by atoms with E-state index in [2.05, 4.69) is 0 Å². The number of nitrogens with zero attached hydrogens (tertiary/aromatic N) is 1. The molecule has 0 aliphatic rings. The van der Waals surface area contributed by atoms with Crippen LogP contribution in [0.15, 0.2) is 97.1 Å². The maximum Gasteiger partial charge on any atom is 0.264 e. The van der Waals surface area contributed by atoms with Crippen molar-refractivity contribution in [3.05, 3.63) is 119 Å². The highest BCUT2D eigenvalue weighted by Gasteiger charge is 2.21. The van der Waals surface area contributed by atoms with Gasteiger partial charge in [-0.1, -0.05) is 72.8 Å². The van der Waals surface area contributed by atoms with Crippen LogP contribution in [0.3, 0.4) is 0 Å². The summed E-state index contributed by atoms with van der Waals surface area (Å²) in [6.07, 6.45) is 4.68. The largest absolute Gasteiger partial charge is 0.545 e. The predicted octanol–water partition coefficient (Wildman–Crippen LogP) is 5.06. The molecule has 0 unspecified atom stereocenters. The van der Waals surface area contributed by atoms with Gasteiger partial charge in [0.15, 0.2) is 0 Å². The number of hydrogen-bond acceptors (Lipinski definition) is 5. The molecule has 7 nitrogen and oxygen atoms in total. The number of aryl methyl sites for hydroxylation is 1. The molecule has 8 heteroatoms. The van der Waals surface area contributed by atoms with Crippen molar-refractivity contribution in [2.24, 2.45) is 0 Å². The normalized spacial score (nSPS) is 11.8. The Morgan fingerprint density at radius 3 is 2.20 bits per heavy atom. The highest BCUT2D eigenvalue weighted by atomic mass is 32.2. The van der Waals surface area contributed by atoms with E-state index < -0.39 is 16.1 Å². The number of fused-ring (bicyclic) bond motifs is 2. The van der Waals surface area contributed by atoms with Gasteiger partial charge in [-0.3, -0.25) is 4.55 Å². The third-order valence-corrected chi connectivity index (χ3v) is 7.69. The average molecular weight is 568 g/mol. The number of pyridine rings is 1. The van der Waals surface area contributed by atoms with Gasteiger partial charge in [0.25, 0.3) is 10.1 Å². The first kappa shape index (κ1) is 28.0. The van der Waals surface area contributed by atoms with E-state index in [1.54, 1.807) is 18.2 Å². The maximum atomic E-state index is 12.2. The van der Waals surface area contributed by atoms with E-state index in [0.717, 1.165) is 22.4 Å². The molecular formula is C33H29NO6S. The molecular weight excluding hydrogens is 538 g/mol. The first-order valence-corrected chi connectivity index (χ1v) is 14.9. The Hall–Kier alpha value is -4.53. The summed E-state index contributed by atoms with van der Waals surface area (Å²) in [5.74, 6) is -0.819. The summed E-state index contributed by atoms with van der Waals surface area (Å²) in [5.41, 5.74) is 4.46. The Bertz CT molecular complexity index is 1830. The number of para-hydroxylation sites is 1. The molecule has 0 saturated carbocycles. The molecule has 0 amide bonds. The Balaban J connectivity index is 1.43. The van der Waals surface area contributed by atoms with Crippen molar-refractivity contribution in [3.8, 4) is 5.75 Å². The van der Waals surface area contributed by atoms with Gasteiger partial charge in [-0.15, -0.1) is 0 Å². The van der Waals surface area contributed by atoms with Gasteiger partial charge in [0.05, 0.1) is 22.5 Å². The number of benzene rings is 4. The van der Waals surface area contributed by atoms with Gasteiger partial charge in [-0.2, -0.15) is 13.0 Å². The predicted molar refractivity (Wildman–Crippen MR) is 158 cm³/mol. The minimum Gasteiger partial charge on any atom is -0.545 e. The minimum absolute atomic E-state index is 0.117. The number of aromatic carboxylic acids is 1. The van der Waals surface area contributed by atoms with Crippen molar-refractivity contribution in [1.29, 1.82) is 0 Å². The highest BCUT2D eigenvalue weighted by Crippen LogP contribution is 2.26. The second-order valence-electron chi connectivity index (χ2n) is 9.78. The SMILES string of the molecule is O=C([O-])c1c2ccccc2[n+](CCCCS(=O)(=O)O)c2cc(C=Cc3ccc(OCc4ccccc4)cc3)ccc12. The number of unbranched alkanes of at least 4 members (excludes halogenated alkanes) is 1. The van der Waals surface area contributed by atoms with E-state index in [4.69, 9.17) is 9.29 Å². The van der Waals surface area contributed by atoms with Crippen LogP contribution in [-0.2, 0) is 23.3 Å². The number of carboxylic acids is 1. The molecule has 0 fully saturated rings. The fraction of sp³-hybridized carbons (Fsp3) is 0.152. The van der Waals surface area contributed by atoms with E-state index in [0.29, 0.717) is 41.4 Å². The molecule has 41 heavy (non-hydrogen) atoms. The number of aromatic nitrogens is 1. The second kappa shape index (κ2) is 12.3. The third kappa shape index (κ3) is 6.98. The van der Waals surface area contributed by atoms with Gasteiger partial charge in [0, 0.05) is 24.1 Å². The summed E-state index contributed by atoms with van der Waals surface area (Å²) in [6.45, 7) is 0.933. The maximum absolute atomic E-state index is 12.2. The van der Waals surface area contributed by atoms with Crippen molar-refractivity contribution < 1.29 is 32.2 Å². The van der Waals surface area contributed by atoms with Crippen molar-refractivity contribution in [1.82, 2.24) is 0 Å². The molecule has 1 aromatic heterocycles. The Morgan fingerprint density at radius 1 is 0.805 bits per heavy atom. The number of ether oxygens (including phenoxy) is 1. The summed E-state index contributed by atoms with van der Waals surface area (Å²) in [5, 5.41) is 13.3. The molecule has 4 aromatic carbocycles. The number of hydrogen-bond donors (Lipinski definition) is 1. The fourth-order valence-electron chi connectivity index (χ4n) is 4.91. The smallest absolute Gasteiger partial charge is 0.264 e. The van der Waals surface area contributed by atoms with Crippen molar-refractivity contribution in [2.45, 2.75) is 26.0 Å². The van der Waals surface area contributed by atoms with Gasteiger partial charge < -0.3 is 14.6 Å². The van der Waals surface area contributed by atoms with Crippen molar-refractivity contribution >= 4 is 50.0 Å². The molecule has 0 radical (unpaired) electrons. The Morgan fingerprint density at radius 2 is 1.46 bits per heavy atom. The Kier molecular flexibility index (Phi) is 8.42. The monoisotopic (exact) mass is 567 g/mol. The highest BCUT2D eigenvalue weighted by molar-refractivity contribution is 7.85. The molecule has 1 N–H and O–H groups in total. The Labute approximate surface area is 238 Å². The summed E-state index contributed by atoms with van der Waals surface area (Å²) in [4.78, 5) is 12.2. The van der Waals surface area contributed by atoms with Crippen LogP contribution in [0.2, 0.25) is 0 Å². The summed E-state index contributed by atoms with van der Waals surface area (Å²) >= 11 is 0.